The molecule has 0 saturated carbocycles. The van der Waals surface area contributed by atoms with Crippen molar-refractivity contribution >= 4 is 30.0 Å². The number of anilines is 1. The van der Waals surface area contributed by atoms with Crippen LogP contribution in [0.2, 0.25) is 0 Å². The van der Waals surface area contributed by atoms with E-state index in [9.17, 15) is 9.59 Å². The van der Waals surface area contributed by atoms with Gasteiger partial charge in [-0.25, -0.2) is 9.59 Å². The minimum atomic E-state index is -1.46. The van der Waals surface area contributed by atoms with Crippen LogP contribution in [0.15, 0.2) is 24.5 Å². The Morgan fingerprint density at radius 1 is 1.05 bits per heavy atom. The zero-order chi connectivity index (χ0) is 13.8. The van der Waals surface area contributed by atoms with Crippen molar-refractivity contribution in [3.8, 4) is 0 Å². The minimum Gasteiger partial charge on any atom is -0.480 e. The average molecular weight is 302 g/mol. The first-order valence-electron chi connectivity index (χ1n) is 5.94. The number of carboxylic acids is 2. The molecule has 1 fully saturated rings. The van der Waals surface area contributed by atoms with Crippen LogP contribution in [0.1, 0.15) is 0 Å². The van der Waals surface area contributed by atoms with E-state index in [0.717, 1.165) is 5.69 Å². The molecule has 2 N–H and O–H groups in total. The number of aromatic nitrogens is 1. The van der Waals surface area contributed by atoms with Crippen molar-refractivity contribution in [1.82, 2.24) is 9.88 Å². The highest BCUT2D eigenvalue weighted by Crippen LogP contribution is 2.16. The van der Waals surface area contributed by atoms with Gasteiger partial charge in [-0.05, 0) is 12.1 Å². The van der Waals surface area contributed by atoms with E-state index in [2.05, 4.69) is 9.88 Å². The fourth-order valence-corrected chi connectivity index (χ4v) is 2.21. The van der Waals surface area contributed by atoms with Crippen molar-refractivity contribution in [2.45, 2.75) is 6.04 Å². The second-order valence-corrected chi connectivity index (χ2v) is 4.31. The van der Waals surface area contributed by atoms with Crippen LogP contribution in [0.3, 0.4) is 0 Å². The summed E-state index contributed by atoms with van der Waals surface area (Å²) in [5.74, 6) is -2.63. The van der Waals surface area contributed by atoms with Crippen molar-refractivity contribution in [2.24, 2.45) is 0 Å². The number of aliphatic carboxylic acids is 2. The third kappa shape index (κ3) is 3.58. The van der Waals surface area contributed by atoms with E-state index >= 15 is 0 Å². The first-order chi connectivity index (χ1) is 9.09. The second kappa shape index (κ2) is 7.06. The van der Waals surface area contributed by atoms with Crippen molar-refractivity contribution in [3.63, 3.8) is 0 Å². The van der Waals surface area contributed by atoms with Gasteiger partial charge < -0.3 is 15.1 Å². The molecule has 20 heavy (non-hydrogen) atoms. The molecule has 110 valence electrons. The summed E-state index contributed by atoms with van der Waals surface area (Å²) in [7, 11) is 0. The number of pyridine rings is 1. The standard InChI is InChI=1S/C12H15N3O4.ClH/c16-11(17)10(12(18)19)15-7-5-14(6-8-15)9-1-3-13-4-2-9;/h1-4,10H,5-8H2,(H,16,17)(H,18,19);1H. The predicted molar refractivity (Wildman–Crippen MR) is 74.3 cm³/mol. The summed E-state index contributed by atoms with van der Waals surface area (Å²) in [6.07, 6.45) is 3.39. The molecule has 0 aromatic carbocycles. The van der Waals surface area contributed by atoms with Crippen LogP contribution in [-0.4, -0.2) is 64.3 Å². The van der Waals surface area contributed by atoms with Gasteiger partial charge in [0.2, 0.25) is 6.04 Å². The summed E-state index contributed by atoms with van der Waals surface area (Å²) in [6, 6.07) is 2.29. The van der Waals surface area contributed by atoms with Crippen LogP contribution in [0, 0.1) is 0 Å². The van der Waals surface area contributed by atoms with Crippen LogP contribution in [-0.2, 0) is 9.59 Å². The molecule has 1 aliphatic rings. The SMILES string of the molecule is Cl.O=C(O)C(C(=O)O)N1CCN(c2ccncc2)CC1. The van der Waals surface area contributed by atoms with Gasteiger partial charge in [0.15, 0.2) is 0 Å². The number of halogens is 1. The molecule has 0 unspecified atom stereocenters. The average Bonchev–Trinajstić information content (AvgIpc) is 2.40. The fraction of sp³-hybridized carbons (Fsp3) is 0.417. The Morgan fingerprint density at radius 3 is 2.00 bits per heavy atom. The monoisotopic (exact) mass is 301 g/mol. The summed E-state index contributed by atoms with van der Waals surface area (Å²) < 4.78 is 0. The molecule has 1 saturated heterocycles. The molecule has 1 aliphatic heterocycles. The van der Waals surface area contributed by atoms with Crippen LogP contribution < -0.4 is 4.90 Å². The lowest BCUT2D eigenvalue weighted by Crippen LogP contribution is -2.55. The molecule has 0 amide bonds. The lowest BCUT2D eigenvalue weighted by molar-refractivity contribution is -0.156. The maximum Gasteiger partial charge on any atom is 0.332 e. The quantitative estimate of drug-likeness (QED) is 0.765. The van der Waals surface area contributed by atoms with Crippen molar-refractivity contribution < 1.29 is 19.8 Å². The summed E-state index contributed by atoms with van der Waals surface area (Å²) in [5, 5.41) is 17.9. The lowest BCUT2D eigenvalue weighted by Gasteiger charge is -2.37. The maximum absolute atomic E-state index is 10.9. The molecular formula is C12H16ClN3O4. The van der Waals surface area contributed by atoms with E-state index in [4.69, 9.17) is 10.2 Å². The summed E-state index contributed by atoms with van der Waals surface area (Å²) in [5.41, 5.74) is 1.01. The normalized spacial score (nSPS) is 15.8. The zero-order valence-corrected chi connectivity index (χ0v) is 11.5. The Morgan fingerprint density at radius 2 is 1.55 bits per heavy atom. The van der Waals surface area contributed by atoms with Crippen molar-refractivity contribution in [1.29, 1.82) is 0 Å². The molecule has 0 atom stereocenters. The van der Waals surface area contributed by atoms with Crippen LogP contribution in [0.25, 0.3) is 0 Å². The van der Waals surface area contributed by atoms with Gasteiger partial charge in [-0.15, -0.1) is 12.4 Å². The Hall–Kier alpha value is -1.86. The van der Waals surface area contributed by atoms with Crippen molar-refractivity contribution in [2.75, 3.05) is 31.1 Å². The number of nitrogens with zero attached hydrogens (tertiary/aromatic N) is 3. The Labute approximate surface area is 122 Å². The number of carbonyl (C=O) groups is 2. The number of carboxylic acid groups (broad SMARTS) is 2. The summed E-state index contributed by atoms with van der Waals surface area (Å²) in [4.78, 5) is 29.4. The second-order valence-electron chi connectivity index (χ2n) is 4.31. The smallest absolute Gasteiger partial charge is 0.332 e. The fourth-order valence-electron chi connectivity index (χ4n) is 2.21. The molecule has 0 aliphatic carbocycles. The van der Waals surface area contributed by atoms with Crippen LogP contribution >= 0.6 is 12.4 Å². The van der Waals surface area contributed by atoms with Gasteiger partial charge in [0, 0.05) is 44.3 Å². The highest BCUT2D eigenvalue weighted by Gasteiger charge is 2.34. The first-order valence-corrected chi connectivity index (χ1v) is 5.94. The van der Waals surface area contributed by atoms with Gasteiger partial charge in [0.1, 0.15) is 0 Å². The van der Waals surface area contributed by atoms with Gasteiger partial charge in [0.05, 0.1) is 0 Å². The van der Waals surface area contributed by atoms with E-state index in [1.165, 1.54) is 4.90 Å². The van der Waals surface area contributed by atoms with Gasteiger partial charge in [0.25, 0.3) is 0 Å². The van der Waals surface area contributed by atoms with Crippen molar-refractivity contribution in [3.05, 3.63) is 24.5 Å². The van der Waals surface area contributed by atoms with E-state index in [0.29, 0.717) is 26.2 Å². The van der Waals surface area contributed by atoms with Gasteiger partial charge in [-0.2, -0.15) is 0 Å². The third-order valence-electron chi connectivity index (χ3n) is 3.18. The van der Waals surface area contributed by atoms with E-state index < -0.39 is 18.0 Å². The van der Waals surface area contributed by atoms with E-state index in [-0.39, 0.29) is 12.4 Å². The Kier molecular flexibility index (Phi) is 5.72. The van der Waals surface area contributed by atoms with Gasteiger partial charge in [-0.1, -0.05) is 0 Å². The third-order valence-corrected chi connectivity index (χ3v) is 3.18. The van der Waals surface area contributed by atoms with E-state index in [1.807, 2.05) is 12.1 Å². The largest absolute Gasteiger partial charge is 0.480 e. The molecular weight excluding hydrogens is 286 g/mol. The van der Waals surface area contributed by atoms with Crippen LogP contribution in [0.4, 0.5) is 5.69 Å². The lowest BCUT2D eigenvalue weighted by atomic mass is 10.2. The zero-order valence-electron chi connectivity index (χ0n) is 10.7. The Balaban J connectivity index is 0.00000200. The molecule has 7 nitrogen and oxygen atoms in total. The number of rotatable bonds is 4. The molecule has 0 spiro atoms. The summed E-state index contributed by atoms with van der Waals surface area (Å²) in [6.45, 7) is 2.01. The molecule has 2 heterocycles. The highest BCUT2D eigenvalue weighted by molar-refractivity contribution is 5.97. The predicted octanol–water partition coefficient (Wildman–Crippen LogP) is 0.163. The maximum atomic E-state index is 10.9. The van der Waals surface area contributed by atoms with Crippen LogP contribution in [0.5, 0.6) is 0 Å². The molecule has 1 aromatic rings. The first kappa shape index (κ1) is 16.2. The molecule has 8 heteroatoms. The number of piperazine rings is 1. The Bertz CT molecular complexity index is 449. The minimum absolute atomic E-state index is 0. The molecule has 1 aromatic heterocycles. The topological polar surface area (TPSA) is 94.0 Å². The van der Waals surface area contributed by atoms with E-state index in [1.54, 1.807) is 12.4 Å². The number of hydrogen-bond acceptors (Lipinski definition) is 5. The molecule has 0 bridgehead atoms. The summed E-state index contributed by atoms with van der Waals surface area (Å²) >= 11 is 0. The van der Waals surface area contributed by atoms with Gasteiger partial charge in [-0.3, -0.25) is 9.88 Å². The molecule has 2 rings (SSSR count). The highest BCUT2D eigenvalue weighted by atomic mass is 35.5. The van der Waals surface area contributed by atoms with Gasteiger partial charge >= 0.3 is 11.9 Å². The molecule has 0 radical (unpaired) electrons. The number of hydrogen-bond donors (Lipinski definition) is 2.